The molecule has 3 aromatic rings. The molecule has 1 aliphatic heterocycles. The lowest BCUT2D eigenvalue weighted by molar-refractivity contribution is -0.125. The lowest BCUT2D eigenvalue weighted by Gasteiger charge is -2.33. The average molecular weight is 481 g/mol. The molecule has 1 unspecified atom stereocenters. The number of ether oxygens (including phenoxy) is 1. The molecule has 184 valence electrons. The summed E-state index contributed by atoms with van der Waals surface area (Å²) in [7, 11) is 1.59. The molecule has 1 heterocycles. The first-order chi connectivity index (χ1) is 16.8. The van der Waals surface area contributed by atoms with E-state index in [0.717, 1.165) is 12.1 Å². The van der Waals surface area contributed by atoms with E-state index in [-0.39, 0.29) is 18.1 Å². The smallest absolute Gasteiger partial charge is 0.235 e. The Labute approximate surface area is 204 Å². The van der Waals surface area contributed by atoms with E-state index in [0.29, 0.717) is 36.4 Å². The molecule has 1 fully saturated rings. The van der Waals surface area contributed by atoms with Crippen LogP contribution in [0.15, 0.2) is 72.8 Å². The number of nitrogens with zero attached hydrogens (tertiary/aromatic N) is 1. The van der Waals surface area contributed by atoms with E-state index in [1.807, 2.05) is 24.3 Å². The number of aliphatic hydroxyl groups excluding tert-OH is 1. The van der Waals surface area contributed by atoms with Crippen molar-refractivity contribution in [3.8, 4) is 5.75 Å². The first kappa shape index (κ1) is 24.8. The van der Waals surface area contributed by atoms with Crippen LogP contribution in [0.1, 0.15) is 36.1 Å². The molecule has 7 heteroatoms. The largest absolute Gasteiger partial charge is 0.497 e. The number of amides is 1. The molecule has 1 amide bonds. The topological polar surface area (TPSA) is 61.8 Å². The fraction of sp³-hybridized carbons (Fsp3) is 0.321. The van der Waals surface area contributed by atoms with Gasteiger partial charge in [0.05, 0.1) is 24.7 Å². The number of carbonyl (C=O) groups excluding carboxylic acids is 1. The van der Waals surface area contributed by atoms with Gasteiger partial charge in [0.1, 0.15) is 17.4 Å². The predicted molar refractivity (Wildman–Crippen MR) is 130 cm³/mol. The quantitative estimate of drug-likeness (QED) is 0.507. The van der Waals surface area contributed by atoms with Crippen LogP contribution in [-0.2, 0) is 10.2 Å². The van der Waals surface area contributed by atoms with E-state index < -0.39 is 17.0 Å². The van der Waals surface area contributed by atoms with Gasteiger partial charge in [0.2, 0.25) is 5.91 Å². The van der Waals surface area contributed by atoms with Crippen LogP contribution >= 0.6 is 0 Å². The van der Waals surface area contributed by atoms with Crippen molar-refractivity contribution in [1.29, 1.82) is 0 Å². The van der Waals surface area contributed by atoms with Crippen molar-refractivity contribution in [3.63, 3.8) is 0 Å². The molecular formula is C28H30F2N2O3. The van der Waals surface area contributed by atoms with E-state index in [9.17, 15) is 18.7 Å². The number of hydrogen-bond acceptors (Lipinski definition) is 4. The number of β-amino-alcohol motifs (C(OH)–C–C–N with tert-alkyl or cyclic N) is 1. The van der Waals surface area contributed by atoms with Crippen molar-refractivity contribution in [3.05, 3.63) is 101 Å². The van der Waals surface area contributed by atoms with Gasteiger partial charge < -0.3 is 15.2 Å². The van der Waals surface area contributed by atoms with Crippen LogP contribution in [0, 0.1) is 11.6 Å². The second-order valence-electron chi connectivity index (χ2n) is 9.14. The molecule has 0 spiro atoms. The van der Waals surface area contributed by atoms with Crippen LogP contribution in [-0.4, -0.2) is 48.8 Å². The van der Waals surface area contributed by atoms with Gasteiger partial charge in [-0.05, 0) is 66.4 Å². The molecule has 1 saturated heterocycles. The molecule has 0 aromatic heterocycles. The minimum absolute atomic E-state index is 0.295. The summed E-state index contributed by atoms with van der Waals surface area (Å²) in [6.07, 6.45) is 0.303. The highest BCUT2D eigenvalue weighted by atomic mass is 19.1. The number of nitrogens with one attached hydrogen (secondary N) is 1. The van der Waals surface area contributed by atoms with Gasteiger partial charge in [-0.2, -0.15) is 0 Å². The number of aliphatic hydroxyl groups is 1. The van der Waals surface area contributed by atoms with Crippen LogP contribution in [0.3, 0.4) is 0 Å². The van der Waals surface area contributed by atoms with E-state index in [2.05, 4.69) is 10.2 Å². The van der Waals surface area contributed by atoms with Gasteiger partial charge in [-0.15, -0.1) is 0 Å². The van der Waals surface area contributed by atoms with E-state index >= 15 is 0 Å². The summed E-state index contributed by atoms with van der Waals surface area (Å²) >= 11 is 0. The SMILES string of the molecule is COc1ccc([C@@H](CN2CCC(O)C2)NC(=O)C(C)(c2ccc(F)cc2)c2ccc(F)cc2)cc1. The Morgan fingerprint density at radius 3 is 2.03 bits per heavy atom. The summed E-state index contributed by atoms with van der Waals surface area (Å²) in [6.45, 7) is 3.54. The Balaban J connectivity index is 1.69. The summed E-state index contributed by atoms with van der Waals surface area (Å²) in [5.41, 5.74) is 0.874. The molecule has 0 bridgehead atoms. The summed E-state index contributed by atoms with van der Waals surface area (Å²) in [5, 5.41) is 13.2. The Morgan fingerprint density at radius 1 is 1.03 bits per heavy atom. The van der Waals surface area contributed by atoms with Gasteiger partial charge in [-0.3, -0.25) is 9.69 Å². The van der Waals surface area contributed by atoms with Crippen molar-refractivity contribution in [2.75, 3.05) is 26.7 Å². The number of methoxy groups -OCH3 is 1. The molecule has 5 nitrogen and oxygen atoms in total. The fourth-order valence-electron chi connectivity index (χ4n) is 4.60. The molecule has 0 saturated carbocycles. The highest BCUT2D eigenvalue weighted by Gasteiger charge is 2.39. The van der Waals surface area contributed by atoms with Gasteiger partial charge in [0.15, 0.2) is 0 Å². The minimum Gasteiger partial charge on any atom is -0.497 e. The van der Waals surface area contributed by atoms with Gasteiger partial charge in [-0.1, -0.05) is 36.4 Å². The normalized spacial score (nSPS) is 17.2. The molecule has 0 radical (unpaired) electrons. The Hall–Kier alpha value is -3.29. The third-order valence-electron chi connectivity index (χ3n) is 6.81. The zero-order chi connectivity index (χ0) is 25.0. The van der Waals surface area contributed by atoms with Crippen molar-refractivity contribution in [1.82, 2.24) is 10.2 Å². The van der Waals surface area contributed by atoms with E-state index in [1.165, 1.54) is 24.3 Å². The van der Waals surface area contributed by atoms with Gasteiger partial charge in [0, 0.05) is 19.6 Å². The maximum absolute atomic E-state index is 14.0. The molecule has 1 aliphatic rings. The van der Waals surface area contributed by atoms with Crippen LogP contribution in [0.2, 0.25) is 0 Å². The first-order valence-electron chi connectivity index (χ1n) is 11.7. The van der Waals surface area contributed by atoms with Crippen molar-refractivity contribution >= 4 is 5.91 Å². The Kier molecular flexibility index (Phi) is 7.48. The monoisotopic (exact) mass is 480 g/mol. The highest BCUT2D eigenvalue weighted by Crippen LogP contribution is 2.34. The summed E-state index contributed by atoms with van der Waals surface area (Å²) in [4.78, 5) is 16.1. The summed E-state index contributed by atoms with van der Waals surface area (Å²) < 4.78 is 32.7. The third kappa shape index (κ3) is 5.52. The molecule has 2 N–H and O–H groups in total. The third-order valence-corrected chi connectivity index (χ3v) is 6.81. The van der Waals surface area contributed by atoms with Crippen molar-refractivity contribution in [2.24, 2.45) is 0 Å². The molecule has 35 heavy (non-hydrogen) atoms. The van der Waals surface area contributed by atoms with E-state index in [1.54, 1.807) is 38.3 Å². The number of rotatable bonds is 8. The van der Waals surface area contributed by atoms with Crippen LogP contribution in [0.25, 0.3) is 0 Å². The lowest BCUT2D eigenvalue weighted by atomic mass is 9.75. The maximum atomic E-state index is 14.0. The van der Waals surface area contributed by atoms with Crippen molar-refractivity contribution in [2.45, 2.75) is 30.9 Å². The second-order valence-corrected chi connectivity index (χ2v) is 9.14. The minimum atomic E-state index is -1.20. The lowest BCUT2D eigenvalue weighted by Crippen LogP contribution is -2.47. The van der Waals surface area contributed by atoms with Crippen LogP contribution in [0.4, 0.5) is 8.78 Å². The fourth-order valence-corrected chi connectivity index (χ4v) is 4.60. The second kappa shape index (κ2) is 10.5. The number of carbonyl (C=O) groups is 1. The zero-order valence-corrected chi connectivity index (χ0v) is 19.9. The summed E-state index contributed by atoms with van der Waals surface area (Å²) in [5.74, 6) is -0.396. The standard InChI is InChI=1S/C28H30F2N2O3/c1-28(20-5-9-22(29)10-6-20,21-7-11-23(30)12-8-21)27(34)31-26(18-32-16-15-24(33)17-32)19-3-13-25(35-2)14-4-19/h3-14,24,26,33H,15-18H2,1-2H3,(H,31,34)/t24?,26-/m1/s1. The molecular weight excluding hydrogens is 450 g/mol. The number of benzene rings is 3. The molecule has 2 atom stereocenters. The maximum Gasteiger partial charge on any atom is 0.235 e. The van der Waals surface area contributed by atoms with Crippen LogP contribution < -0.4 is 10.1 Å². The number of halogens is 2. The van der Waals surface area contributed by atoms with Crippen molar-refractivity contribution < 1.29 is 23.4 Å². The zero-order valence-electron chi connectivity index (χ0n) is 19.9. The number of hydrogen-bond donors (Lipinski definition) is 2. The van der Waals surface area contributed by atoms with Gasteiger partial charge >= 0.3 is 0 Å². The molecule has 4 rings (SSSR count). The predicted octanol–water partition coefficient (Wildman–Crippen LogP) is 4.20. The van der Waals surface area contributed by atoms with Gasteiger partial charge in [-0.25, -0.2) is 8.78 Å². The molecule has 0 aliphatic carbocycles. The first-order valence-corrected chi connectivity index (χ1v) is 11.7. The van der Waals surface area contributed by atoms with Crippen LogP contribution in [0.5, 0.6) is 5.75 Å². The number of likely N-dealkylation sites (tertiary alicyclic amines) is 1. The average Bonchev–Trinajstić information content (AvgIpc) is 3.28. The van der Waals surface area contributed by atoms with E-state index in [4.69, 9.17) is 4.74 Å². The molecule has 3 aromatic carbocycles. The highest BCUT2D eigenvalue weighted by molar-refractivity contribution is 5.92. The Bertz CT molecular complexity index is 1090. The Morgan fingerprint density at radius 2 is 1.57 bits per heavy atom. The summed E-state index contributed by atoms with van der Waals surface area (Å²) in [6, 6.07) is 18.7. The van der Waals surface area contributed by atoms with Gasteiger partial charge in [0.25, 0.3) is 0 Å².